The summed E-state index contributed by atoms with van der Waals surface area (Å²) in [5.74, 6) is 0.652. The van der Waals surface area contributed by atoms with E-state index in [4.69, 9.17) is 4.74 Å². The number of nitrogens with one attached hydrogen (secondary N) is 1. The largest absolute Gasteiger partial charge is 0.496 e. The second kappa shape index (κ2) is 7.80. The number of hydrogen-bond donors (Lipinski definition) is 1. The first-order valence-corrected chi connectivity index (χ1v) is 8.31. The Morgan fingerprint density at radius 1 is 1.48 bits per heavy atom. The Bertz CT molecular complexity index is 487. The standard InChI is InChI=1S/C16H23BrN2O2/c1-3-19(11-13-6-4-5-9-18-13)16(20)14-8-7-12(17)10-15(14)21-2/h7-8,10,13,18H,3-6,9,11H2,1-2H3. The highest BCUT2D eigenvalue weighted by atomic mass is 79.9. The molecule has 1 aromatic rings. The summed E-state index contributed by atoms with van der Waals surface area (Å²) >= 11 is 3.41. The lowest BCUT2D eigenvalue weighted by atomic mass is 10.0. The summed E-state index contributed by atoms with van der Waals surface area (Å²) in [6.07, 6.45) is 3.61. The van der Waals surface area contributed by atoms with Crippen molar-refractivity contribution in [2.75, 3.05) is 26.7 Å². The average Bonchev–Trinajstić information content (AvgIpc) is 2.52. The molecule has 0 aliphatic carbocycles. The van der Waals surface area contributed by atoms with Crippen LogP contribution in [0.1, 0.15) is 36.5 Å². The molecule has 116 valence electrons. The lowest BCUT2D eigenvalue weighted by Gasteiger charge is -2.30. The lowest BCUT2D eigenvalue weighted by molar-refractivity contribution is 0.0738. The van der Waals surface area contributed by atoms with Crippen molar-refractivity contribution >= 4 is 21.8 Å². The predicted octanol–water partition coefficient (Wildman–Crippen LogP) is 3.06. The molecular formula is C16H23BrN2O2. The van der Waals surface area contributed by atoms with E-state index in [1.807, 2.05) is 30.0 Å². The minimum Gasteiger partial charge on any atom is -0.496 e. The average molecular weight is 355 g/mol. The van der Waals surface area contributed by atoms with Gasteiger partial charge in [-0.3, -0.25) is 4.79 Å². The van der Waals surface area contributed by atoms with Gasteiger partial charge in [0.15, 0.2) is 0 Å². The molecule has 1 fully saturated rings. The molecule has 1 aromatic carbocycles. The Balaban J connectivity index is 2.11. The number of hydrogen-bond acceptors (Lipinski definition) is 3. The van der Waals surface area contributed by atoms with E-state index in [0.717, 1.165) is 24.0 Å². The molecule has 0 aromatic heterocycles. The smallest absolute Gasteiger partial charge is 0.257 e. The number of rotatable bonds is 5. The molecule has 0 bridgehead atoms. The van der Waals surface area contributed by atoms with Crippen LogP contribution in [0.4, 0.5) is 0 Å². The number of methoxy groups -OCH3 is 1. The summed E-state index contributed by atoms with van der Waals surface area (Å²) in [7, 11) is 1.59. The number of carbonyl (C=O) groups is 1. The Morgan fingerprint density at radius 3 is 2.90 bits per heavy atom. The second-order valence-electron chi connectivity index (χ2n) is 5.34. The maximum atomic E-state index is 12.7. The zero-order chi connectivity index (χ0) is 15.2. The molecule has 0 radical (unpaired) electrons. The molecule has 1 aliphatic rings. The van der Waals surface area contributed by atoms with Gasteiger partial charge in [0.25, 0.3) is 5.91 Å². The van der Waals surface area contributed by atoms with Crippen molar-refractivity contribution in [3.63, 3.8) is 0 Å². The van der Waals surface area contributed by atoms with Crippen molar-refractivity contribution in [2.24, 2.45) is 0 Å². The van der Waals surface area contributed by atoms with Crippen LogP contribution in [0.15, 0.2) is 22.7 Å². The summed E-state index contributed by atoms with van der Waals surface area (Å²) < 4.78 is 6.25. The summed E-state index contributed by atoms with van der Waals surface area (Å²) in [6, 6.07) is 5.94. The van der Waals surface area contributed by atoms with Crippen LogP contribution < -0.4 is 10.1 Å². The molecule has 1 atom stereocenters. The van der Waals surface area contributed by atoms with E-state index < -0.39 is 0 Å². The maximum absolute atomic E-state index is 12.7. The quantitative estimate of drug-likeness (QED) is 0.883. The van der Waals surface area contributed by atoms with Gasteiger partial charge < -0.3 is 15.0 Å². The highest BCUT2D eigenvalue weighted by Crippen LogP contribution is 2.25. The molecule has 0 spiro atoms. The molecule has 1 aliphatic heterocycles. The molecule has 2 rings (SSSR count). The molecule has 1 unspecified atom stereocenters. The number of ether oxygens (including phenoxy) is 1. The van der Waals surface area contributed by atoms with Crippen molar-refractivity contribution in [2.45, 2.75) is 32.2 Å². The lowest BCUT2D eigenvalue weighted by Crippen LogP contribution is -2.45. The van der Waals surface area contributed by atoms with Gasteiger partial charge in [0.05, 0.1) is 12.7 Å². The van der Waals surface area contributed by atoms with Gasteiger partial charge in [-0.25, -0.2) is 0 Å². The first-order chi connectivity index (χ1) is 10.2. The van der Waals surface area contributed by atoms with Crippen molar-refractivity contribution in [3.8, 4) is 5.75 Å². The predicted molar refractivity (Wildman–Crippen MR) is 87.9 cm³/mol. The van der Waals surface area contributed by atoms with Gasteiger partial charge in [-0.2, -0.15) is 0 Å². The van der Waals surface area contributed by atoms with Crippen LogP contribution in [0, 0.1) is 0 Å². The summed E-state index contributed by atoms with van der Waals surface area (Å²) in [5, 5.41) is 3.50. The molecule has 0 saturated carbocycles. The van der Waals surface area contributed by atoms with Crippen molar-refractivity contribution in [1.29, 1.82) is 0 Å². The fourth-order valence-electron chi connectivity index (χ4n) is 2.71. The van der Waals surface area contributed by atoms with Gasteiger partial charge in [0.1, 0.15) is 5.75 Å². The number of benzene rings is 1. The third-order valence-corrected chi connectivity index (χ3v) is 4.41. The highest BCUT2D eigenvalue weighted by molar-refractivity contribution is 9.10. The zero-order valence-electron chi connectivity index (χ0n) is 12.7. The Hall–Kier alpha value is -1.07. The molecule has 1 heterocycles. The maximum Gasteiger partial charge on any atom is 0.257 e. The van der Waals surface area contributed by atoms with Crippen LogP contribution in [0.2, 0.25) is 0 Å². The Kier molecular flexibility index (Phi) is 6.06. The third kappa shape index (κ3) is 4.20. The van der Waals surface area contributed by atoms with E-state index >= 15 is 0 Å². The van der Waals surface area contributed by atoms with Crippen LogP contribution in [0.5, 0.6) is 5.75 Å². The van der Waals surface area contributed by atoms with Crippen LogP contribution in [0.25, 0.3) is 0 Å². The second-order valence-corrected chi connectivity index (χ2v) is 6.25. The van der Waals surface area contributed by atoms with E-state index in [0.29, 0.717) is 23.9 Å². The fraction of sp³-hybridized carbons (Fsp3) is 0.562. The summed E-state index contributed by atoms with van der Waals surface area (Å²) in [4.78, 5) is 14.6. The molecule has 21 heavy (non-hydrogen) atoms. The SMILES string of the molecule is CCN(CC1CCCCN1)C(=O)c1ccc(Br)cc1OC. The first kappa shape index (κ1) is 16.3. The van der Waals surface area contributed by atoms with Crippen molar-refractivity contribution in [1.82, 2.24) is 10.2 Å². The van der Waals surface area contributed by atoms with E-state index in [1.54, 1.807) is 7.11 Å². The van der Waals surface area contributed by atoms with Crippen LogP contribution >= 0.6 is 15.9 Å². The highest BCUT2D eigenvalue weighted by Gasteiger charge is 2.22. The number of halogens is 1. The van der Waals surface area contributed by atoms with Gasteiger partial charge in [-0.15, -0.1) is 0 Å². The molecular weight excluding hydrogens is 332 g/mol. The number of amides is 1. The minimum atomic E-state index is 0.0363. The topological polar surface area (TPSA) is 41.6 Å². The van der Waals surface area contributed by atoms with Gasteiger partial charge >= 0.3 is 0 Å². The number of likely N-dealkylation sites (N-methyl/N-ethyl adjacent to an activating group) is 1. The Morgan fingerprint density at radius 2 is 2.29 bits per heavy atom. The molecule has 4 nitrogen and oxygen atoms in total. The van der Waals surface area contributed by atoms with E-state index in [1.165, 1.54) is 12.8 Å². The molecule has 1 saturated heterocycles. The van der Waals surface area contributed by atoms with E-state index in [-0.39, 0.29) is 5.91 Å². The number of piperidine rings is 1. The molecule has 5 heteroatoms. The van der Waals surface area contributed by atoms with E-state index in [9.17, 15) is 4.79 Å². The van der Waals surface area contributed by atoms with Crippen LogP contribution in [-0.2, 0) is 0 Å². The van der Waals surface area contributed by atoms with Crippen molar-refractivity contribution in [3.05, 3.63) is 28.2 Å². The van der Waals surface area contributed by atoms with Gasteiger partial charge in [-0.05, 0) is 44.5 Å². The van der Waals surface area contributed by atoms with Crippen LogP contribution in [-0.4, -0.2) is 43.6 Å². The number of nitrogens with zero attached hydrogens (tertiary/aromatic N) is 1. The fourth-order valence-corrected chi connectivity index (χ4v) is 3.05. The zero-order valence-corrected chi connectivity index (χ0v) is 14.3. The number of carbonyl (C=O) groups excluding carboxylic acids is 1. The summed E-state index contributed by atoms with van der Waals surface area (Å²) in [6.45, 7) is 4.54. The van der Waals surface area contributed by atoms with Gasteiger partial charge in [0, 0.05) is 23.6 Å². The third-order valence-electron chi connectivity index (χ3n) is 3.92. The van der Waals surface area contributed by atoms with Gasteiger partial charge in [-0.1, -0.05) is 22.4 Å². The normalized spacial score (nSPS) is 18.3. The minimum absolute atomic E-state index is 0.0363. The molecule has 1 amide bonds. The van der Waals surface area contributed by atoms with Gasteiger partial charge in [0.2, 0.25) is 0 Å². The van der Waals surface area contributed by atoms with E-state index in [2.05, 4.69) is 21.2 Å². The first-order valence-electron chi connectivity index (χ1n) is 7.52. The monoisotopic (exact) mass is 354 g/mol. The van der Waals surface area contributed by atoms with Crippen LogP contribution in [0.3, 0.4) is 0 Å². The summed E-state index contributed by atoms with van der Waals surface area (Å²) in [5.41, 5.74) is 0.623. The Labute approximate surface area is 135 Å². The molecule has 1 N–H and O–H groups in total. The van der Waals surface area contributed by atoms with Crippen molar-refractivity contribution < 1.29 is 9.53 Å².